The summed E-state index contributed by atoms with van der Waals surface area (Å²) in [5, 5.41) is 21.8. The lowest BCUT2D eigenvalue weighted by molar-refractivity contribution is -0.128. The van der Waals surface area contributed by atoms with E-state index in [1.54, 1.807) is 31.2 Å². The van der Waals surface area contributed by atoms with Crippen molar-refractivity contribution in [2.45, 2.75) is 31.6 Å². The number of aliphatic hydroxyl groups excluding tert-OH is 1. The van der Waals surface area contributed by atoms with Crippen LogP contribution in [0.4, 0.5) is 0 Å². The van der Waals surface area contributed by atoms with Crippen LogP contribution in [-0.4, -0.2) is 23.2 Å². The number of aliphatic hydroxyl groups is 1. The Hall–Kier alpha value is -2.84. The lowest BCUT2D eigenvalue weighted by atomic mass is 10.1. The Morgan fingerprint density at radius 3 is 2.71 bits per heavy atom. The summed E-state index contributed by atoms with van der Waals surface area (Å²) in [5.74, 6) is 0.226. The van der Waals surface area contributed by atoms with Crippen LogP contribution in [0.3, 0.4) is 0 Å². The van der Waals surface area contributed by atoms with E-state index in [2.05, 4.69) is 5.32 Å². The third-order valence-corrected chi connectivity index (χ3v) is 4.17. The first-order valence-electron chi connectivity index (χ1n) is 7.81. The Bertz CT molecular complexity index is 780. The van der Waals surface area contributed by atoms with E-state index >= 15 is 0 Å². The molecule has 0 saturated heterocycles. The summed E-state index contributed by atoms with van der Waals surface area (Å²) in [6, 6.07) is 15.9. The zero-order valence-corrected chi connectivity index (χ0v) is 13.3. The van der Waals surface area contributed by atoms with Crippen molar-refractivity contribution in [2.75, 3.05) is 0 Å². The van der Waals surface area contributed by atoms with E-state index in [1.807, 2.05) is 30.3 Å². The quantitative estimate of drug-likeness (QED) is 0.903. The van der Waals surface area contributed by atoms with Crippen molar-refractivity contribution >= 4 is 5.91 Å². The molecule has 5 heteroatoms. The molecule has 0 aromatic heterocycles. The van der Waals surface area contributed by atoms with Gasteiger partial charge in [-0.25, -0.2) is 0 Å². The highest BCUT2D eigenvalue weighted by Gasteiger charge is 2.33. The second-order valence-electron chi connectivity index (χ2n) is 5.85. The van der Waals surface area contributed by atoms with Crippen LogP contribution >= 0.6 is 0 Å². The summed E-state index contributed by atoms with van der Waals surface area (Å²) in [4.78, 5) is 12.4. The number of hydrogen-bond acceptors (Lipinski definition) is 4. The van der Waals surface area contributed by atoms with Crippen LogP contribution in [-0.2, 0) is 11.2 Å². The second kappa shape index (κ2) is 6.73. The van der Waals surface area contributed by atoms with Crippen LogP contribution in [0.2, 0.25) is 0 Å². The molecule has 0 heterocycles. The largest absolute Gasteiger partial charge is 0.481 e. The van der Waals surface area contributed by atoms with Gasteiger partial charge in [0.25, 0.3) is 5.91 Å². The lowest BCUT2D eigenvalue weighted by Crippen LogP contribution is -2.41. The molecule has 0 radical (unpaired) electrons. The summed E-state index contributed by atoms with van der Waals surface area (Å²) < 4.78 is 5.61. The number of nitrogens with one attached hydrogen (secondary N) is 1. The average Bonchev–Trinajstić information content (AvgIpc) is 2.91. The van der Waals surface area contributed by atoms with Crippen molar-refractivity contribution in [1.82, 2.24) is 5.32 Å². The molecule has 1 aliphatic carbocycles. The molecule has 0 aliphatic heterocycles. The van der Waals surface area contributed by atoms with Gasteiger partial charge in [0.2, 0.25) is 0 Å². The molecule has 3 unspecified atom stereocenters. The molecule has 1 aliphatic rings. The third kappa shape index (κ3) is 3.24. The van der Waals surface area contributed by atoms with Crippen molar-refractivity contribution in [3.05, 3.63) is 65.2 Å². The molecule has 122 valence electrons. The number of rotatable bonds is 4. The Morgan fingerprint density at radius 1 is 1.29 bits per heavy atom. The lowest BCUT2D eigenvalue weighted by Gasteiger charge is -2.21. The molecule has 24 heavy (non-hydrogen) atoms. The number of amides is 1. The van der Waals surface area contributed by atoms with Crippen LogP contribution in [0.15, 0.2) is 48.5 Å². The number of nitrogens with zero attached hydrogens (tertiary/aromatic N) is 1. The van der Waals surface area contributed by atoms with Gasteiger partial charge in [0.15, 0.2) is 6.10 Å². The van der Waals surface area contributed by atoms with E-state index in [4.69, 9.17) is 10.00 Å². The first kappa shape index (κ1) is 16.0. The molecular weight excluding hydrogens is 304 g/mol. The maximum absolute atomic E-state index is 12.4. The molecular formula is C19H18N2O3. The monoisotopic (exact) mass is 322 g/mol. The van der Waals surface area contributed by atoms with Gasteiger partial charge in [-0.2, -0.15) is 5.26 Å². The summed E-state index contributed by atoms with van der Waals surface area (Å²) in [6.07, 6.45) is -0.808. The molecule has 2 aromatic carbocycles. The van der Waals surface area contributed by atoms with Crippen LogP contribution < -0.4 is 10.1 Å². The van der Waals surface area contributed by atoms with Gasteiger partial charge in [-0.05, 0) is 42.3 Å². The van der Waals surface area contributed by atoms with Crippen LogP contribution in [0.1, 0.15) is 29.7 Å². The molecule has 0 fully saturated rings. The number of benzene rings is 2. The van der Waals surface area contributed by atoms with Crippen molar-refractivity contribution in [2.24, 2.45) is 0 Å². The molecule has 2 aromatic rings. The molecule has 5 nitrogen and oxygen atoms in total. The number of fused-ring (bicyclic) bond motifs is 1. The van der Waals surface area contributed by atoms with Crippen molar-refractivity contribution in [3.63, 3.8) is 0 Å². The summed E-state index contributed by atoms with van der Waals surface area (Å²) in [5.41, 5.74) is 2.53. The van der Waals surface area contributed by atoms with Crippen LogP contribution in [0, 0.1) is 11.3 Å². The first-order valence-corrected chi connectivity index (χ1v) is 7.81. The maximum atomic E-state index is 12.4. The van der Waals surface area contributed by atoms with E-state index in [1.165, 1.54) is 0 Å². The highest BCUT2D eigenvalue weighted by molar-refractivity contribution is 5.81. The Balaban J connectivity index is 1.65. The Labute approximate surface area is 140 Å². The summed E-state index contributed by atoms with van der Waals surface area (Å²) in [6.45, 7) is 1.65. The standard InChI is InChI=1S/C19H18N2O3/c1-12(24-15-8-6-13(11-20)7-9-15)19(23)21-18-16-5-3-2-4-14(16)10-17(18)22/h2-9,12,17-18,22H,10H2,1H3,(H,21,23). The number of nitriles is 1. The number of carbonyl (C=O) groups is 1. The summed E-state index contributed by atoms with van der Waals surface area (Å²) >= 11 is 0. The zero-order chi connectivity index (χ0) is 17.1. The van der Waals surface area contributed by atoms with E-state index < -0.39 is 18.2 Å². The van der Waals surface area contributed by atoms with Crippen molar-refractivity contribution < 1.29 is 14.6 Å². The van der Waals surface area contributed by atoms with Gasteiger partial charge in [0.1, 0.15) is 5.75 Å². The first-order chi connectivity index (χ1) is 11.6. The fourth-order valence-corrected chi connectivity index (χ4v) is 2.88. The van der Waals surface area contributed by atoms with Gasteiger partial charge in [0, 0.05) is 6.42 Å². The van der Waals surface area contributed by atoms with Crippen LogP contribution in [0.25, 0.3) is 0 Å². The minimum Gasteiger partial charge on any atom is -0.481 e. The van der Waals surface area contributed by atoms with E-state index in [9.17, 15) is 9.90 Å². The fourth-order valence-electron chi connectivity index (χ4n) is 2.88. The van der Waals surface area contributed by atoms with Crippen molar-refractivity contribution in [3.8, 4) is 11.8 Å². The zero-order valence-electron chi connectivity index (χ0n) is 13.3. The highest BCUT2D eigenvalue weighted by atomic mass is 16.5. The smallest absolute Gasteiger partial charge is 0.261 e. The van der Waals surface area contributed by atoms with Gasteiger partial charge in [-0.1, -0.05) is 24.3 Å². The van der Waals surface area contributed by atoms with Crippen LogP contribution in [0.5, 0.6) is 5.75 Å². The van der Waals surface area contributed by atoms with E-state index in [0.717, 1.165) is 11.1 Å². The second-order valence-corrected chi connectivity index (χ2v) is 5.85. The van der Waals surface area contributed by atoms with Gasteiger partial charge in [0.05, 0.1) is 23.8 Å². The van der Waals surface area contributed by atoms with Crippen molar-refractivity contribution in [1.29, 1.82) is 5.26 Å². The molecule has 2 N–H and O–H groups in total. The van der Waals surface area contributed by atoms with Gasteiger partial charge >= 0.3 is 0 Å². The van der Waals surface area contributed by atoms with Gasteiger partial charge < -0.3 is 15.2 Å². The maximum Gasteiger partial charge on any atom is 0.261 e. The molecule has 0 saturated carbocycles. The molecule has 0 bridgehead atoms. The predicted octanol–water partition coefficient (Wildman–Crippen LogP) is 2.10. The third-order valence-electron chi connectivity index (χ3n) is 4.17. The molecule has 1 amide bonds. The molecule has 3 rings (SSSR count). The van der Waals surface area contributed by atoms with E-state index in [0.29, 0.717) is 17.7 Å². The number of carbonyl (C=O) groups excluding carboxylic acids is 1. The molecule has 0 spiro atoms. The normalized spacial score (nSPS) is 19.9. The topological polar surface area (TPSA) is 82.3 Å². The SMILES string of the molecule is CC(Oc1ccc(C#N)cc1)C(=O)NC1c2ccccc2CC1O. The minimum absolute atomic E-state index is 0.292. The Kier molecular flexibility index (Phi) is 4.50. The van der Waals surface area contributed by atoms with Gasteiger partial charge in [-0.15, -0.1) is 0 Å². The van der Waals surface area contributed by atoms with E-state index in [-0.39, 0.29) is 5.91 Å². The highest BCUT2D eigenvalue weighted by Crippen LogP contribution is 2.31. The fraction of sp³-hybridized carbons (Fsp3) is 0.263. The van der Waals surface area contributed by atoms with Gasteiger partial charge in [-0.3, -0.25) is 4.79 Å². The Morgan fingerprint density at radius 2 is 2.00 bits per heavy atom. The number of ether oxygens (including phenoxy) is 1. The predicted molar refractivity (Wildman–Crippen MR) is 88.3 cm³/mol. The minimum atomic E-state index is -0.710. The average molecular weight is 322 g/mol. The summed E-state index contributed by atoms with van der Waals surface area (Å²) in [7, 11) is 0. The molecule has 3 atom stereocenters. The number of hydrogen-bond donors (Lipinski definition) is 2.